The zero-order valence-electron chi connectivity index (χ0n) is 8.51. The van der Waals surface area contributed by atoms with E-state index in [0.717, 1.165) is 30.2 Å². The van der Waals surface area contributed by atoms with E-state index in [1.807, 2.05) is 0 Å². The first-order chi connectivity index (χ1) is 5.57. The van der Waals surface area contributed by atoms with Crippen LogP contribution >= 0.6 is 0 Å². The first kappa shape index (κ1) is 8.55. The molecule has 0 radical (unpaired) electrons. The Morgan fingerprint density at radius 3 is 2.42 bits per heavy atom. The fraction of sp³-hybridized carbons (Fsp3) is 1.00. The van der Waals surface area contributed by atoms with Gasteiger partial charge in [0.05, 0.1) is 0 Å². The largest absolute Gasteiger partial charge is 0.330 e. The Balaban J connectivity index is 2.11. The lowest BCUT2D eigenvalue weighted by Gasteiger charge is -2.62. The second-order valence-electron chi connectivity index (χ2n) is 5.45. The number of hydrogen-bond donors (Lipinski definition) is 1. The van der Waals surface area contributed by atoms with Gasteiger partial charge in [-0.25, -0.2) is 0 Å². The van der Waals surface area contributed by atoms with Gasteiger partial charge in [0, 0.05) is 0 Å². The smallest absolute Gasteiger partial charge is 0.00461 e. The van der Waals surface area contributed by atoms with Gasteiger partial charge >= 0.3 is 0 Å². The zero-order valence-corrected chi connectivity index (χ0v) is 8.51. The third kappa shape index (κ3) is 0.891. The molecule has 0 aromatic carbocycles. The van der Waals surface area contributed by atoms with Crippen LogP contribution < -0.4 is 5.73 Å². The van der Waals surface area contributed by atoms with E-state index in [0.29, 0.717) is 5.41 Å². The molecule has 12 heavy (non-hydrogen) atoms. The lowest BCUT2D eigenvalue weighted by Crippen LogP contribution is -2.56. The predicted octanol–water partition coefficient (Wildman–Crippen LogP) is 2.26. The van der Waals surface area contributed by atoms with Crippen LogP contribution in [0, 0.1) is 29.1 Å². The van der Waals surface area contributed by atoms with Gasteiger partial charge < -0.3 is 5.73 Å². The summed E-state index contributed by atoms with van der Waals surface area (Å²) in [4.78, 5) is 0. The lowest BCUT2D eigenvalue weighted by molar-refractivity contribution is -0.126. The molecule has 70 valence electrons. The van der Waals surface area contributed by atoms with Crippen molar-refractivity contribution in [1.29, 1.82) is 0 Å². The van der Waals surface area contributed by atoms with Crippen LogP contribution in [0.1, 0.15) is 33.6 Å². The molecule has 3 fully saturated rings. The summed E-state index contributed by atoms with van der Waals surface area (Å²) >= 11 is 0. The number of rotatable bonds is 1. The van der Waals surface area contributed by atoms with Crippen LogP contribution in [0.5, 0.6) is 0 Å². The third-order valence-corrected chi connectivity index (χ3v) is 4.81. The Morgan fingerprint density at radius 1 is 1.33 bits per heavy atom. The van der Waals surface area contributed by atoms with Gasteiger partial charge in [-0.05, 0) is 48.5 Å². The molecule has 4 atom stereocenters. The Morgan fingerprint density at radius 2 is 2.00 bits per heavy atom. The van der Waals surface area contributed by atoms with Crippen LogP contribution in [0.2, 0.25) is 0 Å². The molecule has 2 N–H and O–H groups in total. The van der Waals surface area contributed by atoms with Gasteiger partial charge in [-0.2, -0.15) is 0 Å². The molecule has 0 amide bonds. The molecule has 0 aliphatic heterocycles. The highest BCUT2D eigenvalue weighted by Gasteiger charge is 2.55. The molecule has 0 aromatic rings. The summed E-state index contributed by atoms with van der Waals surface area (Å²) in [5.41, 5.74) is 6.40. The SMILES string of the molecule is CC1C(CN)CC2CC1C2(C)C. The molecule has 1 nitrogen and oxygen atoms in total. The van der Waals surface area contributed by atoms with E-state index in [9.17, 15) is 0 Å². The average molecular weight is 167 g/mol. The summed E-state index contributed by atoms with van der Waals surface area (Å²) in [6, 6.07) is 0. The quantitative estimate of drug-likeness (QED) is 0.637. The molecule has 0 heterocycles. The second kappa shape index (κ2) is 2.47. The van der Waals surface area contributed by atoms with Gasteiger partial charge in [0.2, 0.25) is 0 Å². The van der Waals surface area contributed by atoms with Crippen molar-refractivity contribution in [3.63, 3.8) is 0 Å². The molecule has 4 unspecified atom stereocenters. The standard InChI is InChI=1S/C11H21N/c1-7-8(6-12)4-9-5-10(7)11(9,2)3/h7-10H,4-6,12H2,1-3H3. The maximum absolute atomic E-state index is 5.77. The minimum atomic E-state index is 0.630. The van der Waals surface area contributed by atoms with Crippen molar-refractivity contribution in [2.24, 2.45) is 34.8 Å². The van der Waals surface area contributed by atoms with Gasteiger partial charge in [-0.3, -0.25) is 0 Å². The highest BCUT2D eigenvalue weighted by Crippen LogP contribution is 2.62. The molecule has 2 bridgehead atoms. The summed E-state index contributed by atoms with van der Waals surface area (Å²) in [6.07, 6.45) is 2.87. The summed E-state index contributed by atoms with van der Waals surface area (Å²) < 4.78 is 0. The number of nitrogens with two attached hydrogens (primary N) is 1. The van der Waals surface area contributed by atoms with Crippen molar-refractivity contribution in [3.05, 3.63) is 0 Å². The number of fused-ring (bicyclic) bond motifs is 2. The van der Waals surface area contributed by atoms with E-state index in [1.165, 1.54) is 12.8 Å². The van der Waals surface area contributed by atoms with Crippen molar-refractivity contribution >= 4 is 0 Å². The van der Waals surface area contributed by atoms with Gasteiger partial charge in [0.15, 0.2) is 0 Å². The van der Waals surface area contributed by atoms with Crippen molar-refractivity contribution in [3.8, 4) is 0 Å². The normalized spacial score (nSPS) is 50.0. The van der Waals surface area contributed by atoms with Crippen molar-refractivity contribution in [2.45, 2.75) is 33.6 Å². The maximum atomic E-state index is 5.77. The third-order valence-electron chi connectivity index (χ3n) is 4.81. The molecule has 0 spiro atoms. The van der Waals surface area contributed by atoms with Crippen LogP contribution in [0.25, 0.3) is 0 Å². The summed E-state index contributed by atoms with van der Waals surface area (Å²) in [5, 5.41) is 0. The molecular formula is C11H21N. The lowest BCUT2D eigenvalue weighted by atomic mass is 9.43. The minimum absolute atomic E-state index is 0.630. The molecule has 0 aromatic heterocycles. The first-order valence-corrected chi connectivity index (χ1v) is 5.27. The van der Waals surface area contributed by atoms with E-state index in [2.05, 4.69) is 20.8 Å². The highest BCUT2D eigenvalue weighted by molar-refractivity contribution is 5.04. The molecule has 3 saturated carbocycles. The predicted molar refractivity (Wildman–Crippen MR) is 51.7 cm³/mol. The zero-order chi connectivity index (χ0) is 8.93. The molecule has 0 saturated heterocycles. The topological polar surface area (TPSA) is 26.0 Å². The fourth-order valence-corrected chi connectivity index (χ4v) is 3.57. The van der Waals surface area contributed by atoms with Crippen LogP contribution in [0.3, 0.4) is 0 Å². The van der Waals surface area contributed by atoms with E-state index >= 15 is 0 Å². The maximum Gasteiger partial charge on any atom is -0.00461 e. The van der Waals surface area contributed by atoms with Gasteiger partial charge in [0.25, 0.3) is 0 Å². The van der Waals surface area contributed by atoms with Crippen LogP contribution in [-0.4, -0.2) is 6.54 Å². The number of hydrogen-bond acceptors (Lipinski definition) is 1. The van der Waals surface area contributed by atoms with Crippen molar-refractivity contribution in [2.75, 3.05) is 6.54 Å². The molecule has 3 aliphatic rings. The Kier molecular flexibility index (Phi) is 1.76. The average Bonchev–Trinajstić information content (AvgIpc) is 2.03. The van der Waals surface area contributed by atoms with Gasteiger partial charge in [0.1, 0.15) is 0 Å². The van der Waals surface area contributed by atoms with E-state index in [1.54, 1.807) is 0 Å². The molecule has 3 aliphatic carbocycles. The molecule has 1 heteroatoms. The Bertz CT molecular complexity index is 185. The Hall–Kier alpha value is -0.0400. The summed E-state index contributed by atoms with van der Waals surface area (Å²) in [5.74, 6) is 3.63. The van der Waals surface area contributed by atoms with Crippen molar-refractivity contribution < 1.29 is 0 Å². The minimum Gasteiger partial charge on any atom is -0.330 e. The van der Waals surface area contributed by atoms with Crippen molar-refractivity contribution in [1.82, 2.24) is 0 Å². The van der Waals surface area contributed by atoms with Gasteiger partial charge in [-0.1, -0.05) is 20.8 Å². The van der Waals surface area contributed by atoms with E-state index in [-0.39, 0.29) is 0 Å². The van der Waals surface area contributed by atoms with Crippen LogP contribution in [-0.2, 0) is 0 Å². The monoisotopic (exact) mass is 167 g/mol. The Labute approximate surface area is 75.7 Å². The summed E-state index contributed by atoms with van der Waals surface area (Å²) in [7, 11) is 0. The fourth-order valence-electron chi connectivity index (χ4n) is 3.57. The van der Waals surface area contributed by atoms with Crippen LogP contribution in [0.15, 0.2) is 0 Å². The van der Waals surface area contributed by atoms with E-state index in [4.69, 9.17) is 5.73 Å². The van der Waals surface area contributed by atoms with E-state index < -0.39 is 0 Å². The highest BCUT2D eigenvalue weighted by atomic mass is 14.7. The first-order valence-electron chi connectivity index (χ1n) is 5.27. The molecular weight excluding hydrogens is 146 g/mol. The summed E-state index contributed by atoms with van der Waals surface area (Å²) in [6.45, 7) is 8.19. The second-order valence-corrected chi connectivity index (χ2v) is 5.45. The van der Waals surface area contributed by atoms with Crippen LogP contribution in [0.4, 0.5) is 0 Å². The van der Waals surface area contributed by atoms with Gasteiger partial charge in [-0.15, -0.1) is 0 Å². The molecule has 3 rings (SSSR count).